The van der Waals surface area contributed by atoms with Gasteiger partial charge in [0, 0.05) is 21.1 Å². The van der Waals surface area contributed by atoms with E-state index in [1.54, 1.807) is 24.3 Å². The van der Waals surface area contributed by atoms with Gasteiger partial charge in [-0.15, -0.1) is 0 Å². The van der Waals surface area contributed by atoms with Gasteiger partial charge in [-0.05, 0) is 30.3 Å². The maximum absolute atomic E-state index is 11.9. The predicted molar refractivity (Wildman–Crippen MR) is 91.6 cm³/mol. The second-order valence-electron chi connectivity index (χ2n) is 4.93. The maximum Gasteiger partial charge on any atom is 0.374 e. The third-order valence-corrected chi connectivity index (χ3v) is 3.54. The summed E-state index contributed by atoms with van der Waals surface area (Å²) in [5.74, 6) is -1.20. The van der Waals surface area contributed by atoms with Crippen molar-refractivity contribution in [3.05, 3.63) is 64.3 Å². The van der Waals surface area contributed by atoms with E-state index in [1.165, 1.54) is 12.1 Å². The average molecular weight is 364 g/mol. The minimum absolute atomic E-state index is 0.0369. The molecule has 0 fully saturated rings. The highest BCUT2D eigenvalue weighted by Gasteiger charge is 2.15. The smallest absolute Gasteiger partial charge is 0.374 e. The number of ether oxygens (including phenoxy) is 1. The van der Waals surface area contributed by atoms with Crippen molar-refractivity contribution in [2.75, 3.05) is 11.9 Å². The zero-order chi connectivity index (χ0) is 17.1. The van der Waals surface area contributed by atoms with Crippen LogP contribution < -0.4 is 5.32 Å². The normalized spacial score (nSPS) is 10.6. The SMILES string of the molecule is O=C(COC(=O)c1cc2ccccc2o1)Nc1cc(Cl)cc(Cl)c1. The molecule has 0 aliphatic rings. The summed E-state index contributed by atoms with van der Waals surface area (Å²) in [5, 5.41) is 4.09. The number of rotatable bonds is 4. The van der Waals surface area contributed by atoms with E-state index in [1.807, 2.05) is 12.1 Å². The minimum atomic E-state index is -0.717. The lowest BCUT2D eigenvalue weighted by molar-refractivity contribution is -0.119. The van der Waals surface area contributed by atoms with Crippen LogP contribution in [0.2, 0.25) is 10.0 Å². The summed E-state index contributed by atoms with van der Waals surface area (Å²) in [7, 11) is 0. The molecule has 0 saturated heterocycles. The number of para-hydroxylation sites is 1. The van der Waals surface area contributed by atoms with Crippen LogP contribution in [0.15, 0.2) is 52.9 Å². The van der Waals surface area contributed by atoms with Crippen LogP contribution in [0.4, 0.5) is 5.69 Å². The van der Waals surface area contributed by atoms with E-state index in [4.69, 9.17) is 32.4 Å². The van der Waals surface area contributed by atoms with Crippen LogP contribution in [0.3, 0.4) is 0 Å². The van der Waals surface area contributed by atoms with Crippen LogP contribution in [0, 0.1) is 0 Å². The molecule has 3 aromatic rings. The summed E-state index contributed by atoms with van der Waals surface area (Å²) in [4.78, 5) is 23.8. The molecule has 122 valence electrons. The third-order valence-electron chi connectivity index (χ3n) is 3.11. The lowest BCUT2D eigenvalue weighted by Gasteiger charge is -2.06. The van der Waals surface area contributed by atoms with Gasteiger partial charge >= 0.3 is 5.97 Å². The summed E-state index contributed by atoms with van der Waals surface area (Å²) < 4.78 is 10.3. The van der Waals surface area contributed by atoms with Crippen LogP contribution in [0.1, 0.15) is 10.6 Å². The summed E-state index contributed by atoms with van der Waals surface area (Å²) in [5.41, 5.74) is 0.986. The average Bonchev–Trinajstić information content (AvgIpc) is 2.95. The van der Waals surface area contributed by atoms with Crippen LogP contribution in [-0.4, -0.2) is 18.5 Å². The number of hydrogen-bond acceptors (Lipinski definition) is 4. The van der Waals surface area contributed by atoms with Crippen molar-refractivity contribution in [1.82, 2.24) is 0 Å². The largest absolute Gasteiger partial charge is 0.450 e. The molecule has 3 rings (SSSR count). The van der Waals surface area contributed by atoms with E-state index in [0.717, 1.165) is 5.39 Å². The van der Waals surface area contributed by atoms with E-state index in [-0.39, 0.29) is 5.76 Å². The molecular formula is C17H11Cl2NO4. The van der Waals surface area contributed by atoms with Gasteiger partial charge in [0.15, 0.2) is 6.61 Å². The van der Waals surface area contributed by atoms with Gasteiger partial charge in [-0.3, -0.25) is 4.79 Å². The Balaban J connectivity index is 1.60. The van der Waals surface area contributed by atoms with Gasteiger partial charge in [0.2, 0.25) is 5.76 Å². The molecule has 0 unspecified atom stereocenters. The summed E-state index contributed by atoms with van der Waals surface area (Å²) in [6.45, 7) is -0.458. The third kappa shape index (κ3) is 3.88. The predicted octanol–water partition coefficient (Wildman–Crippen LogP) is 4.54. The number of esters is 1. The number of halogens is 2. The maximum atomic E-state index is 11.9. The second-order valence-corrected chi connectivity index (χ2v) is 5.80. The van der Waals surface area contributed by atoms with Crippen molar-refractivity contribution in [3.8, 4) is 0 Å². The number of anilines is 1. The van der Waals surface area contributed by atoms with Gasteiger partial charge in [0.05, 0.1) is 0 Å². The van der Waals surface area contributed by atoms with Crippen LogP contribution in [-0.2, 0) is 9.53 Å². The molecule has 0 aliphatic carbocycles. The number of nitrogens with one attached hydrogen (secondary N) is 1. The molecule has 2 aromatic carbocycles. The van der Waals surface area contributed by atoms with Gasteiger partial charge in [0.1, 0.15) is 5.58 Å². The van der Waals surface area contributed by atoms with Gasteiger partial charge in [-0.25, -0.2) is 4.79 Å². The number of amides is 1. The fourth-order valence-electron chi connectivity index (χ4n) is 2.11. The minimum Gasteiger partial charge on any atom is -0.450 e. The topological polar surface area (TPSA) is 68.5 Å². The molecule has 1 N–H and O–H groups in total. The summed E-state index contributed by atoms with van der Waals surface area (Å²) in [6, 6.07) is 13.3. The monoisotopic (exact) mass is 363 g/mol. The fourth-order valence-corrected chi connectivity index (χ4v) is 2.63. The Labute approximate surface area is 147 Å². The molecular weight excluding hydrogens is 353 g/mol. The van der Waals surface area contributed by atoms with Crippen LogP contribution in [0.5, 0.6) is 0 Å². The first-order valence-electron chi connectivity index (χ1n) is 6.93. The molecule has 7 heteroatoms. The lowest BCUT2D eigenvalue weighted by atomic mass is 10.2. The van der Waals surface area contributed by atoms with Gasteiger partial charge in [-0.2, -0.15) is 0 Å². The molecule has 1 aromatic heterocycles. The van der Waals surface area contributed by atoms with E-state index in [0.29, 0.717) is 21.3 Å². The molecule has 24 heavy (non-hydrogen) atoms. The highest BCUT2D eigenvalue weighted by molar-refractivity contribution is 6.35. The summed E-state index contributed by atoms with van der Waals surface area (Å²) in [6.07, 6.45) is 0. The van der Waals surface area contributed by atoms with E-state index in [2.05, 4.69) is 5.32 Å². The Morgan fingerprint density at radius 3 is 2.46 bits per heavy atom. The first kappa shape index (κ1) is 16.4. The zero-order valence-corrected chi connectivity index (χ0v) is 13.7. The van der Waals surface area contributed by atoms with Gasteiger partial charge in [-0.1, -0.05) is 41.4 Å². The van der Waals surface area contributed by atoms with Crippen molar-refractivity contribution < 1.29 is 18.7 Å². The van der Waals surface area contributed by atoms with Crippen LogP contribution >= 0.6 is 23.2 Å². The number of hydrogen-bond donors (Lipinski definition) is 1. The van der Waals surface area contributed by atoms with Crippen molar-refractivity contribution >= 4 is 51.7 Å². The standard InChI is InChI=1S/C17H11Cl2NO4/c18-11-6-12(19)8-13(7-11)20-16(21)9-23-17(22)15-5-10-3-1-2-4-14(10)24-15/h1-8H,9H2,(H,20,21). The van der Waals surface area contributed by atoms with E-state index in [9.17, 15) is 9.59 Å². The molecule has 1 heterocycles. The molecule has 0 spiro atoms. The molecule has 0 saturated carbocycles. The first-order chi connectivity index (χ1) is 11.5. The number of fused-ring (bicyclic) bond motifs is 1. The number of benzene rings is 2. The molecule has 0 atom stereocenters. The number of carbonyl (C=O) groups is 2. The highest BCUT2D eigenvalue weighted by atomic mass is 35.5. The van der Waals surface area contributed by atoms with Crippen molar-refractivity contribution in [2.45, 2.75) is 0 Å². The number of furan rings is 1. The van der Waals surface area contributed by atoms with Crippen LogP contribution in [0.25, 0.3) is 11.0 Å². The fraction of sp³-hybridized carbons (Fsp3) is 0.0588. The molecule has 0 aliphatic heterocycles. The Kier molecular flexibility index (Phi) is 4.74. The van der Waals surface area contributed by atoms with Crippen molar-refractivity contribution in [3.63, 3.8) is 0 Å². The summed E-state index contributed by atoms with van der Waals surface area (Å²) >= 11 is 11.7. The van der Waals surface area contributed by atoms with Gasteiger partial charge < -0.3 is 14.5 Å². The highest BCUT2D eigenvalue weighted by Crippen LogP contribution is 2.22. The Hall–Kier alpha value is -2.50. The Bertz CT molecular complexity index is 867. The molecule has 0 radical (unpaired) electrons. The Morgan fingerprint density at radius 2 is 1.75 bits per heavy atom. The van der Waals surface area contributed by atoms with E-state index < -0.39 is 18.5 Å². The number of carbonyl (C=O) groups excluding carboxylic acids is 2. The molecule has 0 bridgehead atoms. The van der Waals surface area contributed by atoms with Crippen molar-refractivity contribution in [1.29, 1.82) is 0 Å². The zero-order valence-electron chi connectivity index (χ0n) is 12.2. The molecule has 1 amide bonds. The first-order valence-corrected chi connectivity index (χ1v) is 7.68. The second kappa shape index (κ2) is 6.95. The lowest BCUT2D eigenvalue weighted by Crippen LogP contribution is -2.20. The van der Waals surface area contributed by atoms with Gasteiger partial charge in [0.25, 0.3) is 5.91 Å². The van der Waals surface area contributed by atoms with E-state index >= 15 is 0 Å². The van der Waals surface area contributed by atoms with Crippen molar-refractivity contribution in [2.24, 2.45) is 0 Å². The molecule has 5 nitrogen and oxygen atoms in total. The Morgan fingerprint density at radius 1 is 1.04 bits per heavy atom. The quantitative estimate of drug-likeness (QED) is 0.691.